The first-order valence-corrected chi connectivity index (χ1v) is 10.5. The number of nitrogens with one attached hydrogen (secondary N) is 1. The molecule has 0 aliphatic rings. The van der Waals surface area contributed by atoms with E-state index < -0.39 is 28.8 Å². The van der Waals surface area contributed by atoms with Gasteiger partial charge < -0.3 is 9.67 Å². The van der Waals surface area contributed by atoms with Gasteiger partial charge in [0.15, 0.2) is 0 Å². The molecular weight excluding hydrogens is 493 g/mol. The fourth-order valence-electron chi connectivity index (χ4n) is 3.44. The summed E-state index contributed by atoms with van der Waals surface area (Å²) in [4.78, 5) is 41.6. The van der Waals surface area contributed by atoms with Crippen molar-refractivity contribution in [3.63, 3.8) is 0 Å². The van der Waals surface area contributed by atoms with E-state index in [4.69, 9.17) is 39.9 Å². The zero-order chi connectivity index (χ0) is 23.9. The molecule has 2 aromatic heterocycles. The molecule has 0 amide bonds. The number of imidazole rings is 1. The Kier molecular flexibility index (Phi) is 6.11. The highest BCUT2D eigenvalue weighted by Gasteiger charge is 2.27. The number of nitrogens with zero attached hydrogens (tertiary/aromatic N) is 4. The number of rotatable bonds is 5. The molecule has 0 radical (unpaired) electrons. The number of carboxylic acid groups (broad SMARTS) is 1. The minimum absolute atomic E-state index is 0.0761. The highest BCUT2D eigenvalue weighted by Crippen LogP contribution is 2.40. The number of aryl methyl sites for hydroxylation is 1. The van der Waals surface area contributed by atoms with Gasteiger partial charge in [-0.05, 0) is 29.8 Å². The van der Waals surface area contributed by atoms with Crippen LogP contribution in [-0.4, -0.2) is 35.4 Å². The quantitative estimate of drug-likeness (QED) is 0.427. The Morgan fingerprint density at radius 2 is 1.73 bits per heavy atom. The highest BCUT2D eigenvalue weighted by molar-refractivity contribution is 6.36. The van der Waals surface area contributed by atoms with Gasteiger partial charge in [0.2, 0.25) is 5.69 Å². The Hall–Kier alpha value is -3.40. The Balaban J connectivity index is 1.92. The van der Waals surface area contributed by atoms with Crippen molar-refractivity contribution in [3.05, 3.63) is 107 Å². The van der Waals surface area contributed by atoms with Crippen LogP contribution in [0.5, 0.6) is 0 Å². The number of benzene rings is 2. The summed E-state index contributed by atoms with van der Waals surface area (Å²) in [6, 6.07) is 9.95. The van der Waals surface area contributed by atoms with Crippen LogP contribution in [0.15, 0.2) is 58.4 Å². The van der Waals surface area contributed by atoms with Crippen LogP contribution in [-0.2, 0) is 7.05 Å². The molecule has 1 unspecified atom stereocenters. The number of H-pyrrole nitrogens is 1. The molecule has 2 heterocycles. The first-order valence-electron chi connectivity index (χ1n) is 9.36. The molecule has 4 rings (SSSR count). The van der Waals surface area contributed by atoms with Gasteiger partial charge in [-0.15, -0.1) is 0 Å². The fourth-order valence-corrected chi connectivity index (χ4v) is 4.26. The molecule has 4 aromatic rings. The molecule has 0 spiro atoms. The number of hydrogen-bond donors (Lipinski definition) is 2. The second-order valence-corrected chi connectivity index (χ2v) is 8.28. The SMILES string of the molecule is Cn1ccnc1C(c1ccc(Cl)cc1)c1c(Cl)cc(-n2nc(C(=O)O)c(=O)[nH]c2=O)cc1Cl. The van der Waals surface area contributed by atoms with E-state index in [0.29, 0.717) is 21.1 Å². The molecule has 0 bridgehead atoms. The van der Waals surface area contributed by atoms with Crippen LogP contribution >= 0.6 is 34.8 Å². The maximum atomic E-state index is 12.3. The number of aromatic carboxylic acids is 1. The summed E-state index contributed by atoms with van der Waals surface area (Å²) in [5.41, 5.74) is -1.50. The lowest BCUT2D eigenvalue weighted by Gasteiger charge is -2.21. The smallest absolute Gasteiger partial charge is 0.362 e. The lowest BCUT2D eigenvalue weighted by atomic mass is 9.90. The highest BCUT2D eigenvalue weighted by atomic mass is 35.5. The first-order chi connectivity index (χ1) is 15.7. The zero-order valence-electron chi connectivity index (χ0n) is 16.8. The van der Waals surface area contributed by atoms with Crippen LogP contribution in [0.1, 0.15) is 33.4 Å². The second-order valence-electron chi connectivity index (χ2n) is 7.03. The Labute approximate surface area is 200 Å². The van der Waals surface area contributed by atoms with Crippen molar-refractivity contribution >= 4 is 40.8 Å². The van der Waals surface area contributed by atoms with Gasteiger partial charge in [-0.1, -0.05) is 46.9 Å². The summed E-state index contributed by atoms with van der Waals surface area (Å²) in [7, 11) is 1.83. The molecular formula is C21H14Cl3N5O4. The van der Waals surface area contributed by atoms with E-state index in [9.17, 15) is 14.4 Å². The zero-order valence-corrected chi connectivity index (χ0v) is 19.1. The van der Waals surface area contributed by atoms with Gasteiger partial charge in [0.05, 0.1) is 11.6 Å². The third-order valence-electron chi connectivity index (χ3n) is 4.95. The van der Waals surface area contributed by atoms with E-state index in [-0.39, 0.29) is 15.7 Å². The molecule has 9 nitrogen and oxygen atoms in total. The van der Waals surface area contributed by atoms with Crippen molar-refractivity contribution in [1.29, 1.82) is 0 Å². The Bertz CT molecular complexity index is 1470. The largest absolute Gasteiger partial charge is 0.476 e. The van der Waals surface area contributed by atoms with Gasteiger partial charge >= 0.3 is 11.7 Å². The molecule has 0 saturated carbocycles. The minimum atomic E-state index is -1.59. The van der Waals surface area contributed by atoms with Crippen molar-refractivity contribution in [3.8, 4) is 5.69 Å². The molecule has 33 heavy (non-hydrogen) atoms. The number of carbonyl (C=O) groups is 1. The molecule has 12 heteroatoms. The number of hydrogen-bond acceptors (Lipinski definition) is 5. The maximum absolute atomic E-state index is 12.3. The van der Waals surface area contributed by atoms with E-state index >= 15 is 0 Å². The molecule has 0 fully saturated rings. The minimum Gasteiger partial charge on any atom is -0.476 e. The number of halogens is 3. The third kappa shape index (κ3) is 4.30. The Morgan fingerprint density at radius 1 is 1.09 bits per heavy atom. The summed E-state index contributed by atoms with van der Waals surface area (Å²) in [5, 5.41) is 13.7. The van der Waals surface area contributed by atoms with Gasteiger partial charge in [-0.3, -0.25) is 9.78 Å². The summed E-state index contributed by atoms with van der Waals surface area (Å²) in [5.74, 6) is -1.41. The van der Waals surface area contributed by atoms with E-state index in [2.05, 4.69) is 10.1 Å². The van der Waals surface area contributed by atoms with Crippen LogP contribution in [0.3, 0.4) is 0 Å². The normalized spacial score (nSPS) is 12.0. The van der Waals surface area contributed by atoms with Crippen LogP contribution in [0.25, 0.3) is 5.69 Å². The number of aromatic nitrogens is 5. The standard InChI is InChI=1S/C21H14Cl3N5O4/c1-28-7-6-25-18(28)15(10-2-4-11(22)5-3-10)16-13(23)8-12(9-14(16)24)29-21(33)26-19(30)17(27-29)20(31)32/h2-9,15H,1H3,(H,31,32)(H,26,30,33). The second kappa shape index (κ2) is 8.86. The van der Waals surface area contributed by atoms with E-state index in [0.717, 1.165) is 5.56 Å². The molecule has 0 saturated heterocycles. The van der Waals surface area contributed by atoms with Crippen molar-refractivity contribution < 1.29 is 9.90 Å². The Morgan fingerprint density at radius 3 is 2.27 bits per heavy atom. The van der Waals surface area contributed by atoms with E-state index in [1.54, 1.807) is 24.5 Å². The van der Waals surface area contributed by atoms with Crippen LogP contribution in [0.2, 0.25) is 15.1 Å². The predicted molar refractivity (Wildman–Crippen MR) is 123 cm³/mol. The van der Waals surface area contributed by atoms with Gasteiger partial charge in [-0.2, -0.15) is 9.78 Å². The van der Waals surface area contributed by atoms with Crippen LogP contribution in [0.4, 0.5) is 0 Å². The van der Waals surface area contributed by atoms with Crippen molar-refractivity contribution in [1.82, 2.24) is 24.3 Å². The third-order valence-corrected chi connectivity index (χ3v) is 5.82. The summed E-state index contributed by atoms with van der Waals surface area (Å²) < 4.78 is 2.54. The average molecular weight is 507 g/mol. The van der Waals surface area contributed by atoms with Crippen molar-refractivity contribution in [2.75, 3.05) is 0 Å². The molecule has 0 aliphatic heterocycles. The van der Waals surface area contributed by atoms with Gasteiger partial charge in [0.1, 0.15) is 5.82 Å². The first kappa shape index (κ1) is 22.8. The predicted octanol–water partition coefficient (Wildman–Crippen LogP) is 3.49. The summed E-state index contributed by atoms with van der Waals surface area (Å²) in [6.07, 6.45) is 3.43. The van der Waals surface area contributed by atoms with E-state index in [1.165, 1.54) is 12.1 Å². The number of carboxylic acids is 1. The van der Waals surface area contributed by atoms with Gasteiger partial charge in [0.25, 0.3) is 5.56 Å². The van der Waals surface area contributed by atoms with Gasteiger partial charge in [-0.25, -0.2) is 14.6 Å². The van der Waals surface area contributed by atoms with Crippen molar-refractivity contribution in [2.45, 2.75) is 5.92 Å². The fraction of sp³-hybridized carbons (Fsp3) is 0.0952. The molecule has 1 atom stereocenters. The average Bonchev–Trinajstić information content (AvgIpc) is 3.16. The topological polar surface area (TPSA) is 123 Å². The van der Waals surface area contributed by atoms with Crippen LogP contribution < -0.4 is 11.2 Å². The van der Waals surface area contributed by atoms with Gasteiger partial charge in [0, 0.05) is 40.1 Å². The van der Waals surface area contributed by atoms with E-state index in [1.807, 2.05) is 28.7 Å². The lowest BCUT2D eigenvalue weighted by Crippen LogP contribution is -2.35. The maximum Gasteiger partial charge on any atom is 0.362 e. The number of aromatic amines is 1. The summed E-state index contributed by atoms with van der Waals surface area (Å²) in [6.45, 7) is 0. The summed E-state index contributed by atoms with van der Waals surface area (Å²) >= 11 is 19.3. The monoisotopic (exact) mass is 505 g/mol. The molecule has 2 N–H and O–H groups in total. The molecule has 2 aromatic carbocycles. The van der Waals surface area contributed by atoms with Crippen molar-refractivity contribution in [2.24, 2.45) is 7.05 Å². The lowest BCUT2D eigenvalue weighted by molar-refractivity contribution is 0.0685. The molecule has 168 valence electrons. The molecule has 0 aliphatic carbocycles. The van der Waals surface area contributed by atoms with Crippen LogP contribution in [0, 0.1) is 0 Å².